The van der Waals surface area contributed by atoms with Gasteiger partial charge in [-0.2, -0.15) is 0 Å². The van der Waals surface area contributed by atoms with Gasteiger partial charge in [0.1, 0.15) is 5.75 Å². The Kier molecular flexibility index (Phi) is 2.86. The Bertz CT molecular complexity index is 446. The Morgan fingerprint density at radius 2 is 2.06 bits per heavy atom. The molecule has 1 aromatic rings. The van der Waals surface area contributed by atoms with Gasteiger partial charge in [0.05, 0.1) is 5.69 Å². The largest absolute Gasteiger partial charge is 0.482 e. The van der Waals surface area contributed by atoms with Crippen molar-refractivity contribution in [2.45, 2.75) is 33.1 Å². The quantitative estimate of drug-likeness (QED) is 0.746. The van der Waals surface area contributed by atoms with Gasteiger partial charge in [-0.1, -0.05) is 26.8 Å². The number of nitrogens with zero attached hydrogens (tertiary/aromatic N) is 1. The third-order valence-corrected chi connectivity index (χ3v) is 3.08. The molecule has 0 N–H and O–H groups in total. The van der Waals surface area contributed by atoms with E-state index in [0.29, 0.717) is 6.54 Å². The molecule has 1 aromatic carbocycles. The third kappa shape index (κ3) is 2.14. The van der Waals surface area contributed by atoms with Gasteiger partial charge in [-0.3, -0.25) is 4.79 Å². The molecule has 1 aliphatic heterocycles. The molecule has 0 unspecified atom stereocenters. The molecule has 0 atom stereocenters. The van der Waals surface area contributed by atoms with Gasteiger partial charge in [-0.25, -0.2) is 0 Å². The van der Waals surface area contributed by atoms with Crippen LogP contribution in [0.25, 0.3) is 0 Å². The second-order valence-electron chi connectivity index (χ2n) is 5.36. The monoisotopic (exact) mass is 233 g/mol. The first-order chi connectivity index (χ1) is 7.93. The number of rotatable bonds is 1. The van der Waals surface area contributed by atoms with Crippen molar-refractivity contribution < 1.29 is 9.53 Å². The molecular formula is C14H19NO2. The van der Waals surface area contributed by atoms with Crippen LogP contribution in [0.5, 0.6) is 5.75 Å². The molecule has 2 rings (SSSR count). The van der Waals surface area contributed by atoms with E-state index in [-0.39, 0.29) is 17.9 Å². The smallest absolute Gasteiger partial charge is 0.265 e. The summed E-state index contributed by atoms with van der Waals surface area (Å²) in [6.07, 6.45) is 0. The number of ether oxygens (including phenoxy) is 1. The maximum Gasteiger partial charge on any atom is 0.265 e. The Morgan fingerprint density at radius 3 is 2.65 bits per heavy atom. The van der Waals surface area contributed by atoms with Crippen molar-refractivity contribution in [2.24, 2.45) is 0 Å². The van der Waals surface area contributed by atoms with Gasteiger partial charge >= 0.3 is 0 Å². The molecule has 1 heterocycles. The number of carbonyl (C=O) groups is 1. The lowest BCUT2D eigenvalue weighted by Crippen LogP contribution is -2.38. The van der Waals surface area contributed by atoms with Gasteiger partial charge in [-0.05, 0) is 30.0 Å². The van der Waals surface area contributed by atoms with Crippen LogP contribution < -0.4 is 9.64 Å². The van der Waals surface area contributed by atoms with E-state index in [1.165, 1.54) is 5.56 Å². The number of likely N-dealkylation sites (N-methyl/N-ethyl adjacent to an activating group) is 1. The first-order valence-corrected chi connectivity index (χ1v) is 6.01. The molecule has 92 valence electrons. The fraction of sp³-hybridized carbons (Fsp3) is 0.500. The molecule has 0 radical (unpaired) electrons. The molecule has 0 spiro atoms. The zero-order chi connectivity index (χ0) is 12.6. The molecule has 0 aliphatic carbocycles. The number of amides is 1. The van der Waals surface area contributed by atoms with Gasteiger partial charge in [0.15, 0.2) is 6.61 Å². The molecule has 0 fully saturated rings. The van der Waals surface area contributed by atoms with E-state index in [1.807, 2.05) is 13.0 Å². The van der Waals surface area contributed by atoms with E-state index < -0.39 is 0 Å². The number of hydrogen-bond donors (Lipinski definition) is 0. The van der Waals surface area contributed by atoms with Crippen LogP contribution in [0.4, 0.5) is 5.69 Å². The first kappa shape index (κ1) is 12.0. The third-order valence-electron chi connectivity index (χ3n) is 3.08. The second-order valence-corrected chi connectivity index (χ2v) is 5.36. The highest BCUT2D eigenvalue weighted by Gasteiger charge is 2.26. The minimum atomic E-state index is 0.0334. The lowest BCUT2D eigenvalue weighted by atomic mass is 9.86. The Balaban J connectivity index is 2.49. The molecule has 0 aromatic heterocycles. The summed E-state index contributed by atoms with van der Waals surface area (Å²) in [6.45, 7) is 9.30. The number of hydrogen-bond acceptors (Lipinski definition) is 2. The Morgan fingerprint density at radius 1 is 1.35 bits per heavy atom. The predicted octanol–water partition coefficient (Wildman–Crippen LogP) is 2.73. The highest BCUT2D eigenvalue weighted by Crippen LogP contribution is 2.36. The van der Waals surface area contributed by atoms with E-state index in [4.69, 9.17) is 4.74 Å². The van der Waals surface area contributed by atoms with Crippen molar-refractivity contribution in [1.29, 1.82) is 0 Å². The summed E-state index contributed by atoms with van der Waals surface area (Å²) in [5.41, 5.74) is 2.19. The van der Waals surface area contributed by atoms with Gasteiger partial charge in [0.2, 0.25) is 0 Å². The van der Waals surface area contributed by atoms with Crippen LogP contribution in [0.2, 0.25) is 0 Å². The summed E-state index contributed by atoms with van der Waals surface area (Å²) in [5.74, 6) is 0.838. The molecule has 3 nitrogen and oxygen atoms in total. The summed E-state index contributed by atoms with van der Waals surface area (Å²) >= 11 is 0. The van der Waals surface area contributed by atoms with Gasteiger partial charge in [0, 0.05) is 6.54 Å². The lowest BCUT2D eigenvalue weighted by Gasteiger charge is -2.30. The normalized spacial score (nSPS) is 15.5. The first-order valence-electron chi connectivity index (χ1n) is 6.01. The predicted molar refractivity (Wildman–Crippen MR) is 68.7 cm³/mol. The Hall–Kier alpha value is -1.51. The van der Waals surface area contributed by atoms with Crippen LogP contribution in [0, 0.1) is 0 Å². The van der Waals surface area contributed by atoms with E-state index in [0.717, 1.165) is 11.4 Å². The second kappa shape index (κ2) is 4.06. The van der Waals surface area contributed by atoms with E-state index in [1.54, 1.807) is 4.90 Å². The molecular weight excluding hydrogens is 214 g/mol. The topological polar surface area (TPSA) is 29.5 Å². The maximum absolute atomic E-state index is 11.7. The van der Waals surface area contributed by atoms with Crippen LogP contribution in [0.1, 0.15) is 33.3 Å². The van der Waals surface area contributed by atoms with Crippen LogP contribution in [0.3, 0.4) is 0 Å². The van der Waals surface area contributed by atoms with Gasteiger partial charge < -0.3 is 9.64 Å². The highest BCUT2D eigenvalue weighted by atomic mass is 16.5. The standard InChI is InChI=1S/C14H19NO2/c1-5-15-11-8-10(14(2,3)4)6-7-12(11)17-9-13(15)16/h6-8H,5,9H2,1-4H3. The van der Waals surface area contributed by atoms with Crippen LogP contribution in [-0.4, -0.2) is 19.1 Å². The Labute approximate surface area is 102 Å². The average Bonchev–Trinajstić information content (AvgIpc) is 2.27. The summed E-state index contributed by atoms with van der Waals surface area (Å²) in [6, 6.07) is 6.10. The van der Waals surface area contributed by atoms with Crippen molar-refractivity contribution in [3.63, 3.8) is 0 Å². The maximum atomic E-state index is 11.7. The number of anilines is 1. The van der Waals surface area contributed by atoms with Crippen molar-refractivity contribution >= 4 is 11.6 Å². The van der Waals surface area contributed by atoms with Gasteiger partial charge in [-0.15, -0.1) is 0 Å². The summed E-state index contributed by atoms with van der Waals surface area (Å²) in [7, 11) is 0. The summed E-state index contributed by atoms with van der Waals surface area (Å²) in [5, 5.41) is 0. The minimum Gasteiger partial charge on any atom is -0.482 e. The number of carbonyl (C=O) groups excluding carboxylic acids is 1. The number of fused-ring (bicyclic) bond motifs is 1. The SMILES string of the molecule is CCN1C(=O)COc2ccc(C(C)(C)C)cc21. The fourth-order valence-electron chi connectivity index (χ4n) is 2.02. The van der Waals surface area contributed by atoms with E-state index in [9.17, 15) is 4.79 Å². The molecule has 0 saturated carbocycles. The molecule has 1 amide bonds. The summed E-state index contributed by atoms with van der Waals surface area (Å²) < 4.78 is 5.44. The fourth-order valence-corrected chi connectivity index (χ4v) is 2.02. The zero-order valence-corrected chi connectivity index (χ0v) is 10.9. The van der Waals surface area contributed by atoms with Gasteiger partial charge in [0.25, 0.3) is 5.91 Å². The van der Waals surface area contributed by atoms with Crippen LogP contribution in [-0.2, 0) is 10.2 Å². The van der Waals surface area contributed by atoms with Crippen LogP contribution >= 0.6 is 0 Å². The van der Waals surface area contributed by atoms with Crippen molar-refractivity contribution in [2.75, 3.05) is 18.1 Å². The molecule has 0 bridgehead atoms. The van der Waals surface area contributed by atoms with Crippen molar-refractivity contribution in [1.82, 2.24) is 0 Å². The molecule has 17 heavy (non-hydrogen) atoms. The van der Waals surface area contributed by atoms with E-state index in [2.05, 4.69) is 32.9 Å². The number of benzene rings is 1. The summed E-state index contributed by atoms with van der Waals surface area (Å²) in [4.78, 5) is 13.5. The molecule has 0 saturated heterocycles. The zero-order valence-electron chi connectivity index (χ0n) is 10.9. The van der Waals surface area contributed by atoms with Crippen LogP contribution in [0.15, 0.2) is 18.2 Å². The van der Waals surface area contributed by atoms with Crippen molar-refractivity contribution in [3.05, 3.63) is 23.8 Å². The van der Waals surface area contributed by atoms with E-state index >= 15 is 0 Å². The molecule has 3 heteroatoms. The molecule has 1 aliphatic rings. The lowest BCUT2D eigenvalue weighted by molar-refractivity contribution is -0.121. The highest BCUT2D eigenvalue weighted by molar-refractivity contribution is 5.97. The average molecular weight is 233 g/mol. The minimum absolute atomic E-state index is 0.0334. The van der Waals surface area contributed by atoms with Crippen molar-refractivity contribution in [3.8, 4) is 5.75 Å².